The van der Waals surface area contributed by atoms with Crippen molar-refractivity contribution in [3.8, 4) is 0 Å². The van der Waals surface area contributed by atoms with Crippen LogP contribution in [0, 0.1) is 5.92 Å². The Morgan fingerprint density at radius 3 is 2.50 bits per heavy atom. The van der Waals surface area contributed by atoms with E-state index in [9.17, 15) is 4.79 Å². The van der Waals surface area contributed by atoms with Gasteiger partial charge in [0.05, 0.1) is 0 Å². The molecule has 1 saturated heterocycles. The smallest absolute Gasteiger partial charge is 0.220 e. The number of hydrogen-bond donors (Lipinski definition) is 1. The molecule has 1 aliphatic rings. The summed E-state index contributed by atoms with van der Waals surface area (Å²) in [6, 6.07) is 0.540. The van der Waals surface area contributed by atoms with Crippen molar-refractivity contribution < 1.29 is 4.79 Å². The molecule has 1 amide bonds. The summed E-state index contributed by atoms with van der Waals surface area (Å²) in [4.78, 5) is 14.2. The zero-order valence-corrected chi connectivity index (χ0v) is 12.4. The number of rotatable bonds is 8. The maximum Gasteiger partial charge on any atom is 0.220 e. The van der Waals surface area contributed by atoms with E-state index in [0.717, 1.165) is 19.4 Å². The number of nitrogens with one attached hydrogen (secondary N) is 1. The van der Waals surface area contributed by atoms with Crippen LogP contribution in [0.15, 0.2) is 0 Å². The van der Waals surface area contributed by atoms with Crippen molar-refractivity contribution in [2.75, 3.05) is 19.6 Å². The van der Waals surface area contributed by atoms with Crippen molar-refractivity contribution in [1.29, 1.82) is 0 Å². The van der Waals surface area contributed by atoms with E-state index in [-0.39, 0.29) is 5.91 Å². The molecule has 1 N–H and O–H groups in total. The predicted octanol–water partition coefficient (Wildman–Crippen LogP) is 2.80. The van der Waals surface area contributed by atoms with Gasteiger partial charge in [0.2, 0.25) is 5.91 Å². The molecule has 0 spiro atoms. The third-order valence-corrected chi connectivity index (χ3v) is 3.69. The Labute approximate surface area is 112 Å². The van der Waals surface area contributed by atoms with Crippen molar-refractivity contribution in [3.63, 3.8) is 0 Å². The van der Waals surface area contributed by atoms with Gasteiger partial charge in [0, 0.05) is 19.0 Å². The van der Waals surface area contributed by atoms with Crippen molar-refractivity contribution in [1.82, 2.24) is 10.2 Å². The molecule has 3 nitrogen and oxygen atoms in total. The van der Waals surface area contributed by atoms with E-state index in [2.05, 4.69) is 31.0 Å². The molecule has 18 heavy (non-hydrogen) atoms. The van der Waals surface area contributed by atoms with Crippen LogP contribution < -0.4 is 5.32 Å². The lowest BCUT2D eigenvalue weighted by molar-refractivity contribution is -0.121. The lowest BCUT2D eigenvalue weighted by atomic mass is 10.0. The van der Waals surface area contributed by atoms with Crippen LogP contribution in [0.3, 0.4) is 0 Å². The van der Waals surface area contributed by atoms with Gasteiger partial charge in [-0.3, -0.25) is 9.69 Å². The van der Waals surface area contributed by atoms with Crippen LogP contribution in [0.5, 0.6) is 0 Å². The SMILES string of the molecule is CCCCC(=O)NCC(CC(C)C)N1CCCC1. The van der Waals surface area contributed by atoms with Gasteiger partial charge in [0.25, 0.3) is 0 Å². The van der Waals surface area contributed by atoms with Crippen molar-refractivity contribution in [2.24, 2.45) is 5.92 Å². The quantitative estimate of drug-likeness (QED) is 0.722. The average molecular weight is 254 g/mol. The standard InChI is InChI=1S/C15H30N2O/c1-4-5-8-15(18)16-12-14(11-13(2)3)17-9-6-7-10-17/h13-14H,4-12H2,1-3H3,(H,16,18). The second-order valence-electron chi connectivity index (χ2n) is 5.93. The van der Waals surface area contributed by atoms with E-state index in [0.29, 0.717) is 18.4 Å². The molecule has 106 valence electrons. The van der Waals surface area contributed by atoms with E-state index in [1.807, 2.05) is 0 Å². The van der Waals surface area contributed by atoms with Gasteiger partial charge in [0.1, 0.15) is 0 Å². The minimum atomic E-state index is 0.227. The number of nitrogens with zero attached hydrogens (tertiary/aromatic N) is 1. The largest absolute Gasteiger partial charge is 0.355 e. The Balaban J connectivity index is 2.33. The van der Waals surface area contributed by atoms with Gasteiger partial charge in [0.15, 0.2) is 0 Å². The van der Waals surface area contributed by atoms with E-state index in [4.69, 9.17) is 0 Å². The number of carbonyl (C=O) groups is 1. The number of hydrogen-bond acceptors (Lipinski definition) is 2. The van der Waals surface area contributed by atoms with Crippen LogP contribution in [0.2, 0.25) is 0 Å². The fourth-order valence-corrected chi connectivity index (χ4v) is 2.67. The number of unbranched alkanes of at least 4 members (excludes halogenated alkanes) is 1. The van der Waals surface area contributed by atoms with Crippen LogP contribution in [0.1, 0.15) is 59.3 Å². The molecule has 0 radical (unpaired) electrons. The summed E-state index contributed by atoms with van der Waals surface area (Å²) in [5.41, 5.74) is 0. The molecule has 1 heterocycles. The Kier molecular flexibility index (Phi) is 7.33. The third-order valence-electron chi connectivity index (χ3n) is 3.69. The Hall–Kier alpha value is -0.570. The molecule has 1 rings (SSSR count). The molecule has 3 heteroatoms. The summed E-state index contributed by atoms with van der Waals surface area (Å²) in [5, 5.41) is 3.12. The summed E-state index contributed by atoms with van der Waals surface area (Å²) in [6.45, 7) is 9.91. The fourth-order valence-electron chi connectivity index (χ4n) is 2.67. The highest BCUT2D eigenvalue weighted by atomic mass is 16.1. The zero-order chi connectivity index (χ0) is 13.4. The van der Waals surface area contributed by atoms with Crippen LogP contribution in [0.4, 0.5) is 0 Å². The second-order valence-corrected chi connectivity index (χ2v) is 5.93. The number of carbonyl (C=O) groups excluding carboxylic acids is 1. The highest BCUT2D eigenvalue weighted by molar-refractivity contribution is 5.75. The minimum Gasteiger partial charge on any atom is -0.355 e. The average Bonchev–Trinajstić information content (AvgIpc) is 2.85. The molecule has 0 aliphatic carbocycles. The molecule has 0 bridgehead atoms. The number of amides is 1. The molecule has 0 aromatic carbocycles. The molecule has 1 aliphatic heterocycles. The van der Waals surface area contributed by atoms with E-state index in [1.54, 1.807) is 0 Å². The molecule has 1 fully saturated rings. The first kappa shape index (κ1) is 15.5. The molecular formula is C15H30N2O. The van der Waals surface area contributed by atoms with Crippen molar-refractivity contribution >= 4 is 5.91 Å². The maximum atomic E-state index is 11.7. The van der Waals surface area contributed by atoms with Crippen molar-refractivity contribution in [3.05, 3.63) is 0 Å². The fraction of sp³-hybridized carbons (Fsp3) is 0.933. The Morgan fingerprint density at radius 2 is 1.94 bits per heavy atom. The lowest BCUT2D eigenvalue weighted by Crippen LogP contribution is -2.43. The summed E-state index contributed by atoms with van der Waals surface area (Å²) in [7, 11) is 0. The molecule has 1 unspecified atom stereocenters. The molecule has 0 saturated carbocycles. The topological polar surface area (TPSA) is 32.3 Å². The number of likely N-dealkylation sites (tertiary alicyclic amines) is 1. The molecular weight excluding hydrogens is 224 g/mol. The Bertz CT molecular complexity index is 235. The predicted molar refractivity (Wildman–Crippen MR) is 76.6 cm³/mol. The van der Waals surface area contributed by atoms with Gasteiger partial charge in [-0.2, -0.15) is 0 Å². The second kappa shape index (κ2) is 8.52. The first-order valence-corrected chi connectivity index (χ1v) is 7.64. The molecule has 0 aromatic heterocycles. The minimum absolute atomic E-state index is 0.227. The van der Waals surface area contributed by atoms with Gasteiger partial charge in [-0.25, -0.2) is 0 Å². The van der Waals surface area contributed by atoms with Crippen LogP contribution in [0.25, 0.3) is 0 Å². The Morgan fingerprint density at radius 1 is 1.28 bits per heavy atom. The molecule has 0 aromatic rings. The van der Waals surface area contributed by atoms with Gasteiger partial charge in [-0.15, -0.1) is 0 Å². The third kappa shape index (κ3) is 5.85. The van der Waals surface area contributed by atoms with Gasteiger partial charge >= 0.3 is 0 Å². The van der Waals surface area contributed by atoms with Crippen LogP contribution in [-0.2, 0) is 4.79 Å². The van der Waals surface area contributed by atoms with E-state index < -0.39 is 0 Å². The zero-order valence-electron chi connectivity index (χ0n) is 12.4. The monoisotopic (exact) mass is 254 g/mol. The van der Waals surface area contributed by atoms with E-state index >= 15 is 0 Å². The summed E-state index contributed by atoms with van der Waals surface area (Å²) in [5.74, 6) is 0.924. The highest BCUT2D eigenvalue weighted by Crippen LogP contribution is 2.17. The van der Waals surface area contributed by atoms with Crippen LogP contribution >= 0.6 is 0 Å². The lowest BCUT2D eigenvalue weighted by Gasteiger charge is -2.29. The highest BCUT2D eigenvalue weighted by Gasteiger charge is 2.22. The molecule has 1 atom stereocenters. The summed E-state index contributed by atoms with van der Waals surface area (Å²) in [6.07, 6.45) is 6.61. The van der Waals surface area contributed by atoms with Gasteiger partial charge < -0.3 is 5.32 Å². The summed E-state index contributed by atoms with van der Waals surface area (Å²) < 4.78 is 0. The first-order chi connectivity index (χ1) is 8.63. The van der Waals surface area contributed by atoms with Gasteiger partial charge in [-0.05, 0) is 44.7 Å². The van der Waals surface area contributed by atoms with Crippen LogP contribution in [-0.4, -0.2) is 36.5 Å². The van der Waals surface area contributed by atoms with Gasteiger partial charge in [-0.1, -0.05) is 27.2 Å². The first-order valence-electron chi connectivity index (χ1n) is 7.64. The van der Waals surface area contributed by atoms with E-state index in [1.165, 1.54) is 32.4 Å². The summed E-state index contributed by atoms with van der Waals surface area (Å²) >= 11 is 0. The normalized spacial score (nSPS) is 18.2. The van der Waals surface area contributed by atoms with Crippen molar-refractivity contribution in [2.45, 2.75) is 65.3 Å². The maximum absolute atomic E-state index is 11.7.